The Hall–Kier alpha value is -1.18. The highest BCUT2D eigenvalue weighted by Crippen LogP contribution is 2.26. The lowest BCUT2D eigenvalue weighted by molar-refractivity contribution is 0.0801. The van der Waals surface area contributed by atoms with Crippen LogP contribution in [0, 0.1) is 0 Å². The van der Waals surface area contributed by atoms with E-state index in [1.165, 1.54) is 22.8 Å². The number of hydrogen-bond donors (Lipinski definition) is 1. The number of pyridine rings is 1. The fourth-order valence-corrected chi connectivity index (χ4v) is 3.79. The summed E-state index contributed by atoms with van der Waals surface area (Å²) in [5.41, 5.74) is 5.80. The summed E-state index contributed by atoms with van der Waals surface area (Å²) in [4.78, 5) is 6.11. The Balaban J connectivity index is 2.34. The van der Waals surface area contributed by atoms with Crippen LogP contribution in [-0.4, -0.2) is 54.8 Å². The van der Waals surface area contributed by atoms with Crippen LogP contribution < -0.4 is 5.73 Å². The summed E-state index contributed by atoms with van der Waals surface area (Å²) in [6.07, 6.45) is 2.80. The predicted molar refractivity (Wildman–Crippen MR) is 74.1 cm³/mol. The molecule has 2 heterocycles. The number of sulfonamides is 1. The number of aromatic nitrogens is 1. The van der Waals surface area contributed by atoms with Crippen LogP contribution >= 0.6 is 0 Å². The van der Waals surface area contributed by atoms with E-state index in [2.05, 4.69) is 9.88 Å². The Morgan fingerprint density at radius 2 is 2.05 bits per heavy atom. The van der Waals surface area contributed by atoms with Crippen LogP contribution in [-0.2, 0) is 10.0 Å². The molecule has 0 radical (unpaired) electrons. The molecule has 0 aromatic carbocycles. The Bertz CT molecular complexity index is 571. The highest BCUT2D eigenvalue weighted by atomic mass is 32.2. The molecular formula is C12H20N4O2S. The average molecular weight is 284 g/mol. The molecule has 1 aliphatic heterocycles. The number of nitrogens with two attached hydrogens (primary N) is 1. The summed E-state index contributed by atoms with van der Waals surface area (Å²) >= 11 is 0. The summed E-state index contributed by atoms with van der Waals surface area (Å²) < 4.78 is 26.7. The third kappa shape index (κ3) is 2.58. The van der Waals surface area contributed by atoms with E-state index >= 15 is 0 Å². The zero-order valence-electron chi connectivity index (χ0n) is 11.5. The number of piperazine rings is 1. The van der Waals surface area contributed by atoms with Crippen molar-refractivity contribution in [2.24, 2.45) is 0 Å². The van der Waals surface area contributed by atoms with E-state index in [0.717, 1.165) is 0 Å². The molecule has 2 N–H and O–H groups in total. The summed E-state index contributed by atoms with van der Waals surface area (Å²) in [6, 6.07) is 1.51. The molecule has 0 unspecified atom stereocenters. The summed E-state index contributed by atoms with van der Waals surface area (Å²) in [5, 5.41) is 0. The number of likely N-dealkylation sites (N-methyl/N-ethyl adjacent to an activating group) is 1. The smallest absolute Gasteiger partial charge is 0.246 e. The standard InChI is InChI=1S/C12H20N4O2S/c1-12(2)9-16(7-6-15(12)3)19(17,18)11-8-14-5-4-10(11)13/h4-5,8H,6-7,9H2,1-3H3,(H2,13,14). The molecule has 0 amide bonds. The van der Waals surface area contributed by atoms with E-state index in [0.29, 0.717) is 19.6 Å². The first kappa shape index (κ1) is 14.2. The van der Waals surface area contributed by atoms with Gasteiger partial charge in [-0.15, -0.1) is 0 Å². The molecule has 0 saturated carbocycles. The number of rotatable bonds is 2. The van der Waals surface area contributed by atoms with E-state index in [9.17, 15) is 8.42 Å². The SMILES string of the molecule is CN1CCN(S(=O)(=O)c2cnccc2N)CC1(C)C. The van der Waals surface area contributed by atoms with Crippen LogP contribution in [0.15, 0.2) is 23.4 Å². The maximum Gasteiger partial charge on any atom is 0.246 e. The van der Waals surface area contributed by atoms with Gasteiger partial charge in [-0.1, -0.05) is 0 Å². The van der Waals surface area contributed by atoms with Gasteiger partial charge in [0.15, 0.2) is 0 Å². The first-order valence-corrected chi connectivity index (χ1v) is 7.60. The quantitative estimate of drug-likeness (QED) is 0.849. The van der Waals surface area contributed by atoms with Crippen LogP contribution in [0.2, 0.25) is 0 Å². The maximum atomic E-state index is 12.6. The molecule has 0 aliphatic carbocycles. The highest BCUT2D eigenvalue weighted by Gasteiger charge is 2.37. The molecule has 0 bridgehead atoms. The van der Waals surface area contributed by atoms with Crippen molar-refractivity contribution in [1.82, 2.24) is 14.2 Å². The normalized spacial score (nSPS) is 21.4. The lowest BCUT2D eigenvalue weighted by Gasteiger charge is -2.44. The van der Waals surface area contributed by atoms with Gasteiger partial charge in [0.1, 0.15) is 4.90 Å². The molecule has 6 nitrogen and oxygen atoms in total. The van der Waals surface area contributed by atoms with Crippen LogP contribution in [0.3, 0.4) is 0 Å². The summed E-state index contributed by atoms with van der Waals surface area (Å²) in [6.45, 7) is 5.67. The van der Waals surface area contributed by atoms with Gasteiger partial charge >= 0.3 is 0 Å². The van der Waals surface area contributed by atoms with Gasteiger partial charge in [0.25, 0.3) is 0 Å². The zero-order valence-corrected chi connectivity index (χ0v) is 12.3. The van der Waals surface area contributed by atoms with E-state index < -0.39 is 10.0 Å². The van der Waals surface area contributed by atoms with Gasteiger partial charge in [-0.05, 0) is 27.0 Å². The molecule has 0 atom stereocenters. The third-order valence-electron chi connectivity index (χ3n) is 3.72. The van der Waals surface area contributed by atoms with Gasteiger partial charge in [-0.3, -0.25) is 9.88 Å². The minimum atomic E-state index is -3.57. The number of nitrogens with zero attached hydrogens (tertiary/aromatic N) is 3. The summed E-state index contributed by atoms with van der Waals surface area (Å²) in [5.74, 6) is 0. The minimum Gasteiger partial charge on any atom is -0.398 e. The highest BCUT2D eigenvalue weighted by molar-refractivity contribution is 7.89. The molecular weight excluding hydrogens is 264 g/mol. The van der Waals surface area contributed by atoms with Crippen molar-refractivity contribution in [1.29, 1.82) is 0 Å². The van der Waals surface area contributed by atoms with E-state index in [1.807, 2.05) is 20.9 Å². The van der Waals surface area contributed by atoms with E-state index in [-0.39, 0.29) is 16.1 Å². The number of nitrogen functional groups attached to an aromatic ring is 1. The lowest BCUT2D eigenvalue weighted by Crippen LogP contribution is -2.58. The van der Waals surface area contributed by atoms with Gasteiger partial charge in [0.05, 0.1) is 5.69 Å². The van der Waals surface area contributed by atoms with Crippen molar-refractivity contribution in [3.05, 3.63) is 18.5 Å². The largest absolute Gasteiger partial charge is 0.398 e. The monoisotopic (exact) mass is 284 g/mol. The molecule has 1 aliphatic rings. The molecule has 106 valence electrons. The molecule has 1 saturated heterocycles. The molecule has 1 aromatic rings. The first-order valence-electron chi connectivity index (χ1n) is 6.16. The first-order chi connectivity index (χ1) is 8.75. The zero-order chi connectivity index (χ0) is 14.3. The number of hydrogen-bond acceptors (Lipinski definition) is 5. The number of anilines is 1. The van der Waals surface area contributed by atoms with Gasteiger partial charge in [-0.25, -0.2) is 8.42 Å². The Morgan fingerprint density at radius 1 is 1.37 bits per heavy atom. The van der Waals surface area contributed by atoms with E-state index in [4.69, 9.17) is 5.73 Å². The Labute approximate surface area is 114 Å². The topological polar surface area (TPSA) is 79.5 Å². The van der Waals surface area contributed by atoms with Gasteiger partial charge in [0.2, 0.25) is 10.0 Å². The van der Waals surface area contributed by atoms with Crippen molar-refractivity contribution >= 4 is 15.7 Å². The van der Waals surface area contributed by atoms with Gasteiger partial charge < -0.3 is 5.73 Å². The van der Waals surface area contributed by atoms with Crippen molar-refractivity contribution in [3.63, 3.8) is 0 Å². The second-order valence-corrected chi connectivity index (χ2v) is 7.39. The van der Waals surface area contributed by atoms with Crippen LogP contribution in [0.1, 0.15) is 13.8 Å². The van der Waals surface area contributed by atoms with Crippen molar-refractivity contribution in [2.75, 3.05) is 32.4 Å². The van der Waals surface area contributed by atoms with Crippen LogP contribution in [0.25, 0.3) is 0 Å². The third-order valence-corrected chi connectivity index (χ3v) is 5.60. The van der Waals surface area contributed by atoms with Crippen LogP contribution in [0.5, 0.6) is 0 Å². The predicted octanol–water partition coefficient (Wildman–Crippen LogP) is 0.378. The average Bonchev–Trinajstić information content (AvgIpc) is 2.32. The molecule has 0 spiro atoms. The molecule has 7 heteroatoms. The summed E-state index contributed by atoms with van der Waals surface area (Å²) in [7, 11) is -1.57. The minimum absolute atomic E-state index is 0.0929. The van der Waals surface area contributed by atoms with Gasteiger partial charge in [0, 0.05) is 37.6 Å². The van der Waals surface area contributed by atoms with Crippen molar-refractivity contribution < 1.29 is 8.42 Å². The van der Waals surface area contributed by atoms with Crippen molar-refractivity contribution in [3.8, 4) is 0 Å². The molecule has 1 fully saturated rings. The lowest BCUT2D eigenvalue weighted by atomic mass is 10.0. The second-order valence-electron chi connectivity index (χ2n) is 5.49. The fourth-order valence-electron chi connectivity index (χ4n) is 2.15. The van der Waals surface area contributed by atoms with Gasteiger partial charge in [-0.2, -0.15) is 4.31 Å². The maximum absolute atomic E-state index is 12.6. The molecule has 19 heavy (non-hydrogen) atoms. The molecule has 1 aromatic heterocycles. The Kier molecular flexibility index (Phi) is 3.55. The van der Waals surface area contributed by atoms with Crippen LogP contribution in [0.4, 0.5) is 5.69 Å². The Morgan fingerprint density at radius 3 is 2.63 bits per heavy atom. The second kappa shape index (κ2) is 4.73. The molecule has 2 rings (SSSR count). The fraction of sp³-hybridized carbons (Fsp3) is 0.583. The van der Waals surface area contributed by atoms with Crippen molar-refractivity contribution in [2.45, 2.75) is 24.3 Å². The van der Waals surface area contributed by atoms with E-state index in [1.54, 1.807) is 0 Å².